The second-order valence-electron chi connectivity index (χ2n) is 6.69. The summed E-state index contributed by atoms with van der Waals surface area (Å²) in [5.74, 6) is 0.138. The van der Waals surface area contributed by atoms with E-state index in [1.807, 2.05) is 0 Å². The molecular weight excluding hydrogens is 286 g/mol. The number of aromatic amines is 1. The monoisotopic (exact) mass is 309 g/mol. The third-order valence-corrected chi connectivity index (χ3v) is 5.20. The summed E-state index contributed by atoms with van der Waals surface area (Å²) in [6, 6.07) is 8.62. The lowest BCUT2D eigenvalue weighted by Crippen LogP contribution is -2.27. The predicted octanol–water partition coefficient (Wildman–Crippen LogP) is 3.02. The van der Waals surface area contributed by atoms with E-state index in [1.165, 1.54) is 35.2 Å². The van der Waals surface area contributed by atoms with Crippen LogP contribution in [0, 0.1) is 0 Å². The predicted molar refractivity (Wildman–Crippen MR) is 89.2 cm³/mol. The molecule has 1 unspecified atom stereocenters. The van der Waals surface area contributed by atoms with E-state index in [0.29, 0.717) is 6.42 Å². The largest absolute Gasteiger partial charge is 0.349 e. The molecule has 2 aliphatic rings. The van der Waals surface area contributed by atoms with Crippen molar-refractivity contribution in [2.75, 3.05) is 0 Å². The average Bonchev–Trinajstić information content (AvgIpc) is 3.18. The second-order valence-corrected chi connectivity index (χ2v) is 6.69. The highest BCUT2D eigenvalue weighted by Gasteiger charge is 2.23. The molecule has 0 spiro atoms. The van der Waals surface area contributed by atoms with Gasteiger partial charge in [0.25, 0.3) is 0 Å². The van der Waals surface area contributed by atoms with Gasteiger partial charge in [0.15, 0.2) is 0 Å². The molecule has 4 nitrogen and oxygen atoms in total. The third-order valence-electron chi connectivity index (χ3n) is 5.20. The number of carbonyl (C=O) groups excluding carboxylic acids is 1. The zero-order chi connectivity index (χ0) is 15.6. The van der Waals surface area contributed by atoms with Crippen LogP contribution in [0.4, 0.5) is 0 Å². The van der Waals surface area contributed by atoms with Crippen LogP contribution in [0.2, 0.25) is 0 Å². The molecule has 0 bridgehead atoms. The lowest BCUT2D eigenvalue weighted by atomic mass is 9.94. The van der Waals surface area contributed by atoms with Crippen molar-refractivity contribution in [3.05, 3.63) is 52.3 Å². The summed E-state index contributed by atoms with van der Waals surface area (Å²) < 4.78 is 0. The van der Waals surface area contributed by atoms with E-state index in [1.54, 1.807) is 0 Å². The Morgan fingerprint density at radius 2 is 2.09 bits per heavy atom. The minimum Gasteiger partial charge on any atom is -0.349 e. The van der Waals surface area contributed by atoms with Gasteiger partial charge < -0.3 is 5.32 Å². The van der Waals surface area contributed by atoms with E-state index < -0.39 is 0 Å². The first-order valence-electron chi connectivity index (χ1n) is 8.73. The zero-order valence-corrected chi connectivity index (χ0v) is 13.4. The lowest BCUT2D eigenvalue weighted by molar-refractivity contribution is -0.121. The van der Waals surface area contributed by atoms with E-state index in [-0.39, 0.29) is 11.9 Å². The van der Waals surface area contributed by atoms with Gasteiger partial charge in [-0.1, -0.05) is 24.3 Å². The number of aryl methyl sites for hydroxylation is 3. The van der Waals surface area contributed by atoms with Crippen molar-refractivity contribution in [2.24, 2.45) is 0 Å². The maximum absolute atomic E-state index is 12.3. The number of benzene rings is 1. The molecule has 0 saturated heterocycles. The molecule has 2 N–H and O–H groups in total. The highest BCUT2D eigenvalue weighted by atomic mass is 16.1. The first-order valence-corrected chi connectivity index (χ1v) is 8.73. The summed E-state index contributed by atoms with van der Waals surface area (Å²) in [6.45, 7) is 0. The van der Waals surface area contributed by atoms with Crippen LogP contribution in [0.5, 0.6) is 0 Å². The van der Waals surface area contributed by atoms with Crippen LogP contribution in [0.25, 0.3) is 0 Å². The van der Waals surface area contributed by atoms with E-state index >= 15 is 0 Å². The number of aromatic nitrogens is 2. The lowest BCUT2D eigenvalue weighted by Gasteiger charge is -2.14. The molecule has 0 saturated carbocycles. The molecule has 4 rings (SSSR count). The number of hydrogen-bond donors (Lipinski definition) is 2. The summed E-state index contributed by atoms with van der Waals surface area (Å²) in [4.78, 5) is 12.3. The first kappa shape index (κ1) is 14.5. The Labute approximate surface area is 136 Å². The minimum atomic E-state index is 0.138. The Morgan fingerprint density at radius 3 is 3.04 bits per heavy atom. The Balaban J connectivity index is 1.35. The van der Waals surface area contributed by atoms with E-state index in [4.69, 9.17) is 0 Å². The maximum Gasteiger partial charge on any atom is 0.220 e. The van der Waals surface area contributed by atoms with Gasteiger partial charge in [-0.05, 0) is 55.2 Å². The number of H-pyrrole nitrogens is 1. The molecule has 1 heterocycles. The van der Waals surface area contributed by atoms with Crippen LogP contribution in [-0.4, -0.2) is 16.1 Å². The number of carbonyl (C=O) groups is 1. The van der Waals surface area contributed by atoms with Crippen molar-refractivity contribution >= 4 is 5.91 Å². The Kier molecular flexibility index (Phi) is 3.90. The highest BCUT2D eigenvalue weighted by Crippen LogP contribution is 2.30. The van der Waals surface area contributed by atoms with Crippen LogP contribution in [0.1, 0.15) is 59.8 Å². The summed E-state index contributed by atoms with van der Waals surface area (Å²) in [7, 11) is 0. The Hall–Kier alpha value is -2.10. The number of hydrogen-bond acceptors (Lipinski definition) is 2. The van der Waals surface area contributed by atoms with Crippen LogP contribution >= 0.6 is 0 Å². The van der Waals surface area contributed by atoms with Crippen molar-refractivity contribution in [2.45, 2.75) is 57.4 Å². The molecule has 0 fully saturated rings. The van der Waals surface area contributed by atoms with Gasteiger partial charge in [-0.3, -0.25) is 9.89 Å². The number of rotatable bonds is 4. The third kappa shape index (κ3) is 2.90. The van der Waals surface area contributed by atoms with Crippen LogP contribution in [0.3, 0.4) is 0 Å². The molecule has 2 aliphatic carbocycles. The Morgan fingerprint density at radius 1 is 1.22 bits per heavy atom. The first-order chi connectivity index (χ1) is 11.3. The van der Waals surface area contributed by atoms with Gasteiger partial charge in [-0.25, -0.2) is 0 Å². The van der Waals surface area contributed by atoms with Crippen LogP contribution in [-0.2, 0) is 30.5 Å². The summed E-state index contributed by atoms with van der Waals surface area (Å²) in [5.41, 5.74) is 6.42. The molecule has 1 amide bonds. The van der Waals surface area contributed by atoms with Crippen molar-refractivity contribution in [1.82, 2.24) is 15.5 Å². The smallest absolute Gasteiger partial charge is 0.220 e. The van der Waals surface area contributed by atoms with Gasteiger partial charge in [0.05, 0.1) is 11.7 Å². The SMILES string of the molecule is O=C(CCc1n[nH]c2c1CCCC2)NC1CCc2ccccc21. The van der Waals surface area contributed by atoms with Crippen LogP contribution < -0.4 is 5.32 Å². The molecule has 1 aromatic heterocycles. The van der Waals surface area contributed by atoms with Crippen molar-refractivity contribution < 1.29 is 4.79 Å². The second kappa shape index (κ2) is 6.19. The summed E-state index contributed by atoms with van der Waals surface area (Å²) >= 11 is 0. The van der Waals surface area contributed by atoms with Gasteiger partial charge >= 0.3 is 0 Å². The zero-order valence-electron chi connectivity index (χ0n) is 13.4. The molecule has 1 aromatic carbocycles. The summed E-state index contributed by atoms with van der Waals surface area (Å²) in [5, 5.41) is 10.8. The van der Waals surface area contributed by atoms with Gasteiger partial charge in [0.2, 0.25) is 5.91 Å². The molecule has 120 valence electrons. The number of fused-ring (bicyclic) bond motifs is 2. The van der Waals surface area contributed by atoms with Gasteiger partial charge in [-0.15, -0.1) is 0 Å². The van der Waals surface area contributed by atoms with Gasteiger partial charge in [-0.2, -0.15) is 5.10 Å². The molecule has 4 heteroatoms. The quantitative estimate of drug-likeness (QED) is 0.912. The highest BCUT2D eigenvalue weighted by molar-refractivity contribution is 5.77. The molecule has 1 atom stereocenters. The molecule has 2 aromatic rings. The Bertz CT molecular complexity index is 719. The van der Waals surface area contributed by atoms with E-state index in [0.717, 1.165) is 37.8 Å². The molecule has 23 heavy (non-hydrogen) atoms. The van der Waals surface area contributed by atoms with E-state index in [9.17, 15) is 4.79 Å². The van der Waals surface area contributed by atoms with E-state index in [2.05, 4.69) is 39.8 Å². The fourth-order valence-corrected chi connectivity index (χ4v) is 3.96. The molecule has 0 aliphatic heterocycles. The topological polar surface area (TPSA) is 57.8 Å². The normalized spacial score (nSPS) is 19.2. The molecular formula is C19H23N3O. The standard InChI is InChI=1S/C19H23N3O/c23-19(20-16-10-9-13-5-1-2-6-14(13)16)12-11-18-15-7-3-4-8-17(15)21-22-18/h1-2,5-6,16H,3-4,7-12H2,(H,20,23)(H,21,22). The number of nitrogens with one attached hydrogen (secondary N) is 2. The number of nitrogens with zero attached hydrogens (tertiary/aromatic N) is 1. The number of amides is 1. The van der Waals surface area contributed by atoms with Gasteiger partial charge in [0.1, 0.15) is 0 Å². The van der Waals surface area contributed by atoms with Crippen molar-refractivity contribution in [3.63, 3.8) is 0 Å². The van der Waals surface area contributed by atoms with Crippen LogP contribution in [0.15, 0.2) is 24.3 Å². The van der Waals surface area contributed by atoms with Crippen molar-refractivity contribution in [3.8, 4) is 0 Å². The maximum atomic E-state index is 12.3. The summed E-state index contributed by atoms with van der Waals surface area (Å²) in [6.07, 6.45) is 8.05. The average molecular weight is 309 g/mol. The van der Waals surface area contributed by atoms with Crippen molar-refractivity contribution in [1.29, 1.82) is 0 Å². The molecule has 0 radical (unpaired) electrons. The fourth-order valence-electron chi connectivity index (χ4n) is 3.96. The minimum absolute atomic E-state index is 0.138. The fraction of sp³-hybridized carbons (Fsp3) is 0.474. The van der Waals surface area contributed by atoms with Gasteiger partial charge in [0, 0.05) is 18.5 Å².